The fraction of sp³-hybridized carbons (Fsp3) is 0.682. The molecule has 1 aromatic carbocycles. The number of hydrogen-bond acceptors (Lipinski definition) is 4. The van der Waals surface area contributed by atoms with E-state index in [2.05, 4.69) is 40.5 Å². The molecule has 5 heteroatoms. The van der Waals surface area contributed by atoms with Crippen molar-refractivity contribution in [1.29, 1.82) is 0 Å². The second-order valence-electron chi connectivity index (χ2n) is 9.14. The van der Waals surface area contributed by atoms with E-state index in [9.17, 15) is 9.90 Å². The van der Waals surface area contributed by atoms with E-state index >= 15 is 0 Å². The van der Waals surface area contributed by atoms with E-state index in [4.69, 9.17) is 4.74 Å². The normalized spacial score (nSPS) is 25.3. The minimum atomic E-state index is -0.724. The van der Waals surface area contributed by atoms with Gasteiger partial charge in [0.2, 0.25) is 0 Å². The molecule has 1 aliphatic heterocycles. The lowest BCUT2D eigenvalue weighted by molar-refractivity contribution is -0.148. The van der Waals surface area contributed by atoms with Crippen LogP contribution in [0.25, 0.3) is 0 Å². The molecule has 0 radical (unpaired) electrons. The maximum absolute atomic E-state index is 11.4. The van der Waals surface area contributed by atoms with Gasteiger partial charge < -0.3 is 20.1 Å². The Hall–Kier alpha value is -1.43. The molecule has 5 nitrogen and oxygen atoms in total. The van der Waals surface area contributed by atoms with Crippen LogP contribution in [-0.2, 0) is 9.53 Å². The zero-order valence-corrected chi connectivity index (χ0v) is 16.9. The smallest absolute Gasteiger partial charge is 0.310 e. The van der Waals surface area contributed by atoms with Gasteiger partial charge in [-0.25, -0.2) is 0 Å². The highest BCUT2D eigenvalue weighted by molar-refractivity contribution is 5.73. The molecule has 3 rings (SSSR count). The van der Waals surface area contributed by atoms with Crippen molar-refractivity contribution in [3.05, 3.63) is 35.9 Å². The molecule has 2 fully saturated rings. The van der Waals surface area contributed by atoms with Gasteiger partial charge in [0.1, 0.15) is 0 Å². The summed E-state index contributed by atoms with van der Waals surface area (Å²) in [6.07, 6.45) is 3.31. The Kier molecular flexibility index (Phi) is 6.24. The SMILES string of the molecule is COCC1(CN[C@@H]2C[C@H]2c2ccccc2)CCN(CC(C)(C)C(=O)O)CC1. The Bertz CT molecular complexity index is 624. The molecule has 2 atom stereocenters. The molecular formula is C22H34N2O3. The lowest BCUT2D eigenvalue weighted by Gasteiger charge is -2.43. The van der Waals surface area contributed by atoms with Gasteiger partial charge in [0, 0.05) is 37.6 Å². The van der Waals surface area contributed by atoms with Crippen molar-refractivity contribution in [1.82, 2.24) is 10.2 Å². The molecule has 150 valence electrons. The van der Waals surface area contributed by atoms with Crippen molar-refractivity contribution in [2.24, 2.45) is 10.8 Å². The minimum absolute atomic E-state index is 0.155. The van der Waals surface area contributed by atoms with E-state index in [0.717, 1.165) is 39.1 Å². The fourth-order valence-corrected chi connectivity index (χ4v) is 4.33. The van der Waals surface area contributed by atoms with Crippen molar-refractivity contribution in [2.45, 2.75) is 45.1 Å². The maximum atomic E-state index is 11.4. The molecule has 2 N–H and O–H groups in total. The first kappa shape index (κ1) is 20.3. The topological polar surface area (TPSA) is 61.8 Å². The predicted octanol–water partition coefficient (Wildman–Crippen LogP) is 2.97. The van der Waals surface area contributed by atoms with E-state index in [1.165, 1.54) is 12.0 Å². The molecule has 1 aromatic rings. The van der Waals surface area contributed by atoms with Crippen molar-refractivity contribution in [3.8, 4) is 0 Å². The van der Waals surface area contributed by atoms with Gasteiger partial charge >= 0.3 is 5.97 Å². The number of nitrogens with one attached hydrogen (secondary N) is 1. The van der Waals surface area contributed by atoms with Crippen LogP contribution in [0.4, 0.5) is 0 Å². The molecule has 0 aromatic heterocycles. The molecule has 0 amide bonds. The van der Waals surface area contributed by atoms with Gasteiger partial charge in [-0.2, -0.15) is 0 Å². The summed E-state index contributed by atoms with van der Waals surface area (Å²) in [4.78, 5) is 13.7. The predicted molar refractivity (Wildman–Crippen MR) is 107 cm³/mol. The van der Waals surface area contributed by atoms with E-state index < -0.39 is 11.4 Å². The summed E-state index contributed by atoms with van der Waals surface area (Å²) in [5.74, 6) is -0.0826. The molecule has 27 heavy (non-hydrogen) atoms. The first-order valence-corrected chi connectivity index (χ1v) is 10.1. The third-order valence-electron chi connectivity index (χ3n) is 6.32. The van der Waals surface area contributed by atoms with Crippen molar-refractivity contribution < 1.29 is 14.6 Å². The van der Waals surface area contributed by atoms with Crippen LogP contribution in [0.15, 0.2) is 30.3 Å². The largest absolute Gasteiger partial charge is 0.481 e. The number of benzene rings is 1. The van der Waals surface area contributed by atoms with Crippen LogP contribution in [0.2, 0.25) is 0 Å². The second-order valence-corrected chi connectivity index (χ2v) is 9.14. The van der Waals surface area contributed by atoms with Gasteiger partial charge in [-0.1, -0.05) is 30.3 Å². The number of carbonyl (C=O) groups is 1. The summed E-state index contributed by atoms with van der Waals surface area (Å²) in [5, 5.41) is 13.2. The zero-order chi connectivity index (χ0) is 19.5. The maximum Gasteiger partial charge on any atom is 0.310 e. The van der Waals surface area contributed by atoms with E-state index in [-0.39, 0.29) is 5.41 Å². The van der Waals surface area contributed by atoms with Crippen molar-refractivity contribution in [3.63, 3.8) is 0 Å². The van der Waals surface area contributed by atoms with Gasteiger partial charge in [0.25, 0.3) is 0 Å². The number of likely N-dealkylation sites (tertiary alicyclic amines) is 1. The standard InChI is InChI=1S/C22H34N2O3/c1-21(2,20(25)26)15-24-11-9-22(10-12-24,16-27-3)14-23-19-13-18(19)17-7-5-4-6-8-17/h4-8,18-19,23H,9-16H2,1-3H3,(H,25,26)/t18-,19+/m0/s1. The summed E-state index contributed by atoms with van der Waals surface area (Å²) >= 11 is 0. The fourth-order valence-electron chi connectivity index (χ4n) is 4.33. The van der Waals surface area contributed by atoms with Gasteiger partial charge in [-0.15, -0.1) is 0 Å². The molecule has 0 spiro atoms. The van der Waals surface area contributed by atoms with Crippen LogP contribution in [-0.4, -0.2) is 61.9 Å². The van der Waals surface area contributed by atoms with Gasteiger partial charge in [-0.05, 0) is 51.8 Å². The summed E-state index contributed by atoms with van der Waals surface area (Å²) in [7, 11) is 1.78. The van der Waals surface area contributed by atoms with Crippen molar-refractivity contribution >= 4 is 5.97 Å². The van der Waals surface area contributed by atoms with Crippen LogP contribution in [0.1, 0.15) is 44.6 Å². The molecule has 0 unspecified atom stereocenters. The lowest BCUT2D eigenvalue weighted by Crippen LogP contribution is -2.50. The Balaban J connectivity index is 1.50. The molecule has 1 heterocycles. The van der Waals surface area contributed by atoms with Gasteiger partial charge in [-0.3, -0.25) is 4.79 Å². The number of nitrogens with zero attached hydrogens (tertiary/aromatic N) is 1. The van der Waals surface area contributed by atoms with Gasteiger partial charge in [0.15, 0.2) is 0 Å². The summed E-state index contributed by atoms with van der Waals surface area (Å²) < 4.78 is 5.57. The number of aliphatic carboxylic acids is 1. The molecular weight excluding hydrogens is 340 g/mol. The van der Waals surface area contributed by atoms with Crippen LogP contribution in [0.3, 0.4) is 0 Å². The Morgan fingerprint density at radius 2 is 1.96 bits per heavy atom. The quantitative estimate of drug-likeness (QED) is 0.696. The van der Waals surface area contributed by atoms with Crippen LogP contribution in [0.5, 0.6) is 0 Å². The third-order valence-corrected chi connectivity index (χ3v) is 6.32. The number of methoxy groups -OCH3 is 1. The first-order valence-electron chi connectivity index (χ1n) is 10.1. The zero-order valence-electron chi connectivity index (χ0n) is 16.9. The molecule has 1 saturated carbocycles. The molecule has 1 saturated heterocycles. The molecule has 0 bridgehead atoms. The minimum Gasteiger partial charge on any atom is -0.481 e. The number of rotatable bonds is 9. The number of ether oxygens (including phenoxy) is 1. The highest BCUT2D eigenvalue weighted by Gasteiger charge is 2.42. The highest BCUT2D eigenvalue weighted by Crippen LogP contribution is 2.42. The molecule has 1 aliphatic carbocycles. The van der Waals surface area contributed by atoms with Crippen LogP contribution in [0, 0.1) is 10.8 Å². The van der Waals surface area contributed by atoms with E-state index in [0.29, 0.717) is 18.5 Å². The molecule has 2 aliphatic rings. The number of carboxylic acid groups (broad SMARTS) is 1. The lowest BCUT2D eigenvalue weighted by atomic mass is 9.78. The Morgan fingerprint density at radius 1 is 1.30 bits per heavy atom. The van der Waals surface area contributed by atoms with Crippen LogP contribution < -0.4 is 5.32 Å². The Morgan fingerprint density at radius 3 is 2.56 bits per heavy atom. The van der Waals surface area contributed by atoms with Crippen molar-refractivity contribution in [2.75, 3.05) is 39.9 Å². The number of carboxylic acids is 1. The summed E-state index contributed by atoms with van der Waals surface area (Å²) in [6.45, 7) is 7.85. The number of hydrogen-bond donors (Lipinski definition) is 2. The van der Waals surface area contributed by atoms with Crippen LogP contribution >= 0.6 is 0 Å². The third kappa shape index (κ3) is 5.09. The average Bonchev–Trinajstić information content (AvgIpc) is 3.43. The summed E-state index contributed by atoms with van der Waals surface area (Å²) in [6, 6.07) is 11.3. The monoisotopic (exact) mass is 374 g/mol. The Labute approximate surface area is 163 Å². The van der Waals surface area contributed by atoms with Gasteiger partial charge in [0.05, 0.1) is 12.0 Å². The van der Waals surface area contributed by atoms with E-state index in [1.54, 1.807) is 7.11 Å². The first-order chi connectivity index (χ1) is 12.9. The highest BCUT2D eigenvalue weighted by atomic mass is 16.5. The van der Waals surface area contributed by atoms with E-state index in [1.807, 2.05) is 13.8 Å². The summed E-state index contributed by atoms with van der Waals surface area (Å²) in [5.41, 5.74) is 0.889. The number of piperidine rings is 1. The average molecular weight is 375 g/mol. The second kappa shape index (κ2) is 8.29.